The van der Waals surface area contributed by atoms with Crippen molar-refractivity contribution in [1.29, 1.82) is 0 Å². The molecule has 6 rings (SSSR count). The van der Waals surface area contributed by atoms with Crippen molar-refractivity contribution in [3.63, 3.8) is 0 Å². The minimum atomic E-state index is -2.82. The molecule has 3 aliphatic heterocycles. The number of fused-ring (bicyclic) bond motifs is 1. The molecule has 0 spiro atoms. The standard InChI is InChI=1S/C29H30BrN6O3P/c1-29(2)23-11-7-8-12-26(23)33(3)28(29)27-20-31-35(21-9-5-4-6-10-21)40(27,34-15-17-39-18-16-34)32-25-14-13-22(36(37)38)19-24(25)30/h4-14,19-20H,15-18H2,1-3H3/b28-27+/t40-/m1/s1. The first-order valence-corrected chi connectivity index (χ1v) is 15.6. The maximum atomic E-state index is 11.5. The molecule has 0 radical (unpaired) electrons. The van der Waals surface area contributed by atoms with E-state index in [1.165, 1.54) is 17.7 Å². The molecule has 9 nitrogen and oxygen atoms in total. The van der Waals surface area contributed by atoms with Gasteiger partial charge in [0.05, 0.1) is 45.5 Å². The molecule has 0 aromatic heterocycles. The van der Waals surface area contributed by atoms with Crippen LogP contribution >= 0.6 is 23.3 Å². The topological polar surface area (TPSA) is 86.8 Å². The number of benzene rings is 3. The van der Waals surface area contributed by atoms with E-state index < -0.39 is 12.3 Å². The summed E-state index contributed by atoms with van der Waals surface area (Å²) in [4.78, 5) is 13.4. The van der Waals surface area contributed by atoms with Crippen molar-refractivity contribution in [2.75, 3.05) is 43.0 Å². The van der Waals surface area contributed by atoms with Crippen molar-refractivity contribution < 1.29 is 9.66 Å². The Hall–Kier alpha value is -3.30. The van der Waals surface area contributed by atoms with Crippen LogP contribution in [0.5, 0.6) is 0 Å². The van der Waals surface area contributed by atoms with Gasteiger partial charge in [-0.2, -0.15) is 5.10 Å². The Morgan fingerprint density at radius 2 is 1.75 bits per heavy atom. The molecule has 11 heteroatoms. The van der Waals surface area contributed by atoms with Gasteiger partial charge in [-0.15, -0.1) is 0 Å². The lowest BCUT2D eigenvalue weighted by Crippen LogP contribution is -2.38. The number of nitro benzene ring substituents is 1. The summed E-state index contributed by atoms with van der Waals surface area (Å²) in [7, 11) is -0.704. The Kier molecular flexibility index (Phi) is 6.91. The van der Waals surface area contributed by atoms with Gasteiger partial charge in [-0.3, -0.25) is 10.1 Å². The summed E-state index contributed by atoms with van der Waals surface area (Å²) in [5.41, 5.74) is 4.86. The van der Waals surface area contributed by atoms with Gasteiger partial charge in [-0.05, 0) is 45.8 Å². The Bertz CT molecular complexity index is 1600. The molecular formula is C29H30BrN6O3P. The first kappa shape index (κ1) is 26.9. The number of para-hydroxylation sites is 2. The number of anilines is 2. The molecule has 3 aromatic carbocycles. The van der Waals surface area contributed by atoms with E-state index in [-0.39, 0.29) is 11.1 Å². The zero-order chi connectivity index (χ0) is 28.1. The van der Waals surface area contributed by atoms with Crippen LogP contribution in [0.25, 0.3) is 0 Å². The van der Waals surface area contributed by atoms with Crippen LogP contribution in [0.2, 0.25) is 0 Å². The Balaban J connectivity index is 1.69. The number of nitrogens with zero attached hydrogens (tertiary/aromatic N) is 6. The van der Waals surface area contributed by atoms with E-state index in [0.717, 1.165) is 22.4 Å². The van der Waals surface area contributed by atoms with Crippen LogP contribution in [0, 0.1) is 10.1 Å². The van der Waals surface area contributed by atoms with Crippen LogP contribution in [-0.2, 0) is 10.2 Å². The van der Waals surface area contributed by atoms with E-state index in [2.05, 4.69) is 87.6 Å². The summed E-state index contributed by atoms with van der Waals surface area (Å²) in [6, 6.07) is 23.4. The highest BCUT2D eigenvalue weighted by molar-refractivity contribution is 9.10. The highest BCUT2D eigenvalue weighted by Crippen LogP contribution is 2.71. The molecule has 3 heterocycles. The number of morpholine rings is 1. The van der Waals surface area contributed by atoms with Gasteiger partial charge in [-0.1, -0.05) is 50.2 Å². The van der Waals surface area contributed by atoms with Gasteiger partial charge in [0, 0.05) is 49.1 Å². The number of hydrogen-bond acceptors (Lipinski definition) is 6. The molecule has 0 amide bonds. The fourth-order valence-corrected chi connectivity index (χ4v) is 10.3. The summed E-state index contributed by atoms with van der Waals surface area (Å²) >= 11 is 3.60. The summed E-state index contributed by atoms with van der Waals surface area (Å²) < 4.78 is 16.5. The molecule has 0 saturated carbocycles. The number of ether oxygens (including phenoxy) is 1. The highest BCUT2D eigenvalue weighted by Gasteiger charge is 2.50. The molecule has 206 valence electrons. The van der Waals surface area contributed by atoms with Crippen LogP contribution in [0.4, 0.5) is 22.7 Å². The highest BCUT2D eigenvalue weighted by atomic mass is 79.9. The number of nitro groups is 1. The maximum absolute atomic E-state index is 11.5. The number of likely N-dealkylation sites (N-methyl/N-ethyl adjacent to an activating group) is 1. The predicted molar refractivity (Wildman–Crippen MR) is 165 cm³/mol. The fourth-order valence-electron chi connectivity index (χ4n) is 5.91. The van der Waals surface area contributed by atoms with Gasteiger partial charge in [0.1, 0.15) is 0 Å². The molecule has 1 saturated heterocycles. The lowest BCUT2D eigenvalue weighted by Gasteiger charge is -2.43. The van der Waals surface area contributed by atoms with Crippen LogP contribution in [0.3, 0.4) is 0 Å². The molecule has 3 aliphatic rings. The second kappa shape index (κ2) is 10.3. The molecule has 1 atom stereocenters. The average molecular weight is 621 g/mol. The van der Waals surface area contributed by atoms with E-state index in [9.17, 15) is 10.1 Å². The third-order valence-electron chi connectivity index (χ3n) is 7.74. The second-order valence-corrected chi connectivity index (χ2v) is 14.0. The molecule has 0 aliphatic carbocycles. The Morgan fingerprint density at radius 3 is 2.42 bits per heavy atom. The molecule has 40 heavy (non-hydrogen) atoms. The first-order valence-electron chi connectivity index (χ1n) is 13.1. The van der Waals surface area contributed by atoms with Gasteiger partial charge < -0.3 is 9.64 Å². The van der Waals surface area contributed by atoms with Crippen LogP contribution in [0.15, 0.2) is 98.1 Å². The second-order valence-electron chi connectivity index (χ2n) is 10.4. The number of rotatable bonds is 4. The summed E-state index contributed by atoms with van der Waals surface area (Å²) in [5.74, 6) is 0. The minimum Gasteiger partial charge on any atom is -0.379 e. The lowest BCUT2D eigenvalue weighted by molar-refractivity contribution is -0.384. The average Bonchev–Trinajstić information content (AvgIpc) is 3.42. The van der Waals surface area contributed by atoms with Crippen LogP contribution < -0.4 is 9.68 Å². The normalized spacial score (nSPS) is 23.9. The number of halogens is 1. The maximum Gasteiger partial charge on any atom is 0.270 e. The quantitative estimate of drug-likeness (QED) is 0.170. The van der Waals surface area contributed by atoms with Crippen molar-refractivity contribution in [1.82, 2.24) is 4.67 Å². The summed E-state index contributed by atoms with van der Waals surface area (Å²) in [6.07, 6.45) is 1.98. The van der Waals surface area contributed by atoms with Gasteiger partial charge >= 0.3 is 0 Å². The van der Waals surface area contributed by atoms with Gasteiger partial charge in [-0.25, -0.2) is 14.2 Å². The Labute approximate surface area is 242 Å². The molecule has 0 N–H and O–H groups in total. The van der Waals surface area contributed by atoms with Gasteiger partial charge in [0.25, 0.3) is 5.69 Å². The van der Waals surface area contributed by atoms with Crippen LogP contribution in [-0.4, -0.2) is 49.2 Å². The summed E-state index contributed by atoms with van der Waals surface area (Å²) in [6.45, 7) is 7.05. The molecule has 0 unspecified atom stereocenters. The predicted octanol–water partition coefficient (Wildman–Crippen LogP) is 7.50. The van der Waals surface area contributed by atoms with E-state index in [1.807, 2.05) is 24.4 Å². The molecule has 1 fully saturated rings. The zero-order valence-electron chi connectivity index (χ0n) is 22.6. The molecular weight excluding hydrogens is 591 g/mol. The number of hydrogen-bond donors (Lipinski definition) is 0. The zero-order valence-corrected chi connectivity index (χ0v) is 25.0. The van der Waals surface area contributed by atoms with Crippen molar-refractivity contribution in [2.24, 2.45) is 9.85 Å². The number of allylic oxidation sites excluding steroid dienone is 2. The van der Waals surface area contributed by atoms with Gasteiger partial charge in [0.15, 0.2) is 7.36 Å². The number of hydrazone groups is 1. The minimum absolute atomic E-state index is 0.0119. The monoisotopic (exact) mass is 620 g/mol. The van der Waals surface area contributed by atoms with Crippen LogP contribution in [0.1, 0.15) is 19.4 Å². The first-order chi connectivity index (χ1) is 19.2. The van der Waals surface area contributed by atoms with Crippen molar-refractivity contribution >= 4 is 52.2 Å². The van der Waals surface area contributed by atoms with Gasteiger partial charge in [0.2, 0.25) is 0 Å². The largest absolute Gasteiger partial charge is 0.379 e. The fraction of sp³-hybridized carbons (Fsp3) is 0.276. The summed E-state index contributed by atoms with van der Waals surface area (Å²) in [5, 5.41) is 17.6. The SMILES string of the molecule is CN1/C(=C2\C=NN(c3ccccc3)[P@]2(=Nc2ccc([N+](=O)[O-])cc2Br)N2CCOCC2)C(C)(C)c2ccccc21. The Morgan fingerprint density at radius 1 is 1.05 bits per heavy atom. The van der Waals surface area contributed by atoms with Crippen molar-refractivity contribution in [2.45, 2.75) is 19.3 Å². The van der Waals surface area contributed by atoms with E-state index in [1.54, 1.807) is 6.07 Å². The molecule has 0 bridgehead atoms. The lowest BCUT2D eigenvalue weighted by atomic mass is 9.84. The van der Waals surface area contributed by atoms with Crippen molar-refractivity contribution in [3.8, 4) is 0 Å². The van der Waals surface area contributed by atoms with E-state index >= 15 is 0 Å². The molecule has 3 aromatic rings. The third-order valence-corrected chi connectivity index (χ3v) is 11.9. The van der Waals surface area contributed by atoms with E-state index in [0.29, 0.717) is 36.5 Å². The third kappa shape index (κ3) is 4.21. The number of non-ortho nitro benzene ring substituents is 1. The smallest absolute Gasteiger partial charge is 0.270 e. The van der Waals surface area contributed by atoms with Crippen molar-refractivity contribution in [3.05, 3.63) is 104 Å². The van der Waals surface area contributed by atoms with E-state index in [4.69, 9.17) is 14.6 Å².